The van der Waals surface area contributed by atoms with E-state index in [0.29, 0.717) is 0 Å². The van der Waals surface area contributed by atoms with E-state index in [1.54, 1.807) is 11.3 Å². The number of nitrogens with one attached hydrogen (secondary N) is 1. The molecular weight excluding hydrogens is 332 g/mol. The highest BCUT2D eigenvalue weighted by molar-refractivity contribution is 7.22. The van der Waals surface area contributed by atoms with Crippen molar-refractivity contribution in [1.82, 2.24) is 15.2 Å². The van der Waals surface area contributed by atoms with Gasteiger partial charge < -0.3 is 15.0 Å². The molecule has 2 aromatic rings. The van der Waals surface area contributed by atoms with Crippen molar-refractivity contribution in [1.29, 1.82) is 0 Å². The molecule has 0 aliphatic carbocycles. The molecular formula is C16H21ClN4OS. The van der Waals surface area contributed by atoms with E-state index in [4.69, 9.17) is 21.3 Å². The number of anilines is 1. The lowest BCUT2D eigenvalue weighted by atomic mass is 10.2. The van der Waals surface area contributed by atoms with Crippen molar-refractivity contribution < 1.29 is 4.74 Å². The van der Waals surface area contributed by atoms with Gasteiger partial charge in [0.15, 0.2) is 0 Å². The van der Waals surface area contributed by atoms with Gasteiger partial charge in [-0.2, -0.15) is 0 Å². The van der Waals surface area contributed by atoms with E-state index in [1.807, 2.05) is 6.07 Å². The van der Waals surface area contributed by atoms with E-state index >= 15 is 0 Å². The minimum atomic E-state index is 0.767. The quantitative estimate of drug-likeness (QED) is 0.917. The lowest BCUT2D eigenvalue weighted by molar-refractivity contribution is 0.122. The molecule has 2 aliphatic rings. The smallest absolute Gasteiger partial charge is 0.137 e. The summed E-state index contributed by atoms with van der Waals surface area (Å²) in [5.74, 6) is 1.07. The highest BCUT2D eigenvalue weighted by Crippen LogP contribution is 2.35. The molecule has 4 heterocycles. The number of morpholine rings is 1. The number of nitrogens with zero attached hydrogens (tertiary/aromatic N) is 3. The van der Waals surface area contributed by atoms with Gasteiger partial charge in [0.1, 0.15) is 5.82 Å². The molecule has 0 unspecified atom stereocenters. The maximum Gasteiger partial charge on any atom is 0.137 e. The van der Waals surface area contributed by atoms with Crippen LogP contribution < -0.4 is 10.2 Å². The molecule has 4 rings (SSSR count). The number of thiophene rings is 1. The van der Waals surface area contributed by atoms with Crippen molar-refractivity contribution in [2.45, 2.75) is 6.54 Å². The molecule has 0 saturated carbocycles. The third-order valence-electron chi connectivity index (χ3n) is 4.42. The van der Waals surface area contributed by atoms with Gasteiger partial charge in [0.2, 0.25) is 0 Å². The molecule has 2 fully saturated rings. The molecule has 0 amide bonds. The Morgan fingerprint density at radius 3 is 2.74 bits per heavy atom. The molecule has 0 radical (unpaired) electrons. The van der Waals surface area contributed by atoms with Gasteiger partial charge >= 0.3 is 0 Å². The number of ether oxygens (including phenoxy) is 1. The van der Waals surface area contributed by atoms with E-state index in [0.717, 1.165) is 74.9 Å². The summed E-state index contributed by atoms with van der Waals surface area (Å²) in [5.41, 5.74) is 1.14. The van der Waals surface area contributed by atoms with E-state index in [9.17, 15) is 0 Å². The first kappa shape index (κ1) is 15.6. The van der Waals surface area contributed by atoms with Crippen LogP contribution in [-0.4, -0.2) is 62.4 Å². The van der Waals surface area contributed by atoms with Crippen LogP contribution in [0.15, 0.2) is 12.1 Å². The van der Waals surface area contributed by atoms with Crippen LogP contribution in [0.2, 0.25) is 4.34 Å². The molecule has 0 bridgehead atoms. The predicted molar refractivity (Wildman–Crippen MR) is 95.8 cm³/mol. The van der Waals surface area contributed by atoms with Crippen molar-refractivity contribution >= 4 is 38.8 Å². The summed E-state index contributed by atoms with van der Waals surface area (Å²) in [6.45, 7) is 8.51. The number of hydrogen-bond donors (Lipinski definition) is 1. The highest BCUT2D eigenvalue weighted by atomic mass is 35.5. The Morgan fingerprint density at radius 1 is 1.17 bits per heavy atom. The van der Waals surface area contributed by atoms with Crippen molar-refractivity contribution in [2.75, 3.05) is 57.4 Å². The zero-order valence-corrected chi connectivity index (χ0v) is 14.6. The second-order valence-electron chi connectivity index (χ2n) is 6.03. The Hall–Kier alpha value is -0.920. The van der Waals surface area contributed by atoms with Crippen LogP contribution in [-0.2, 0) is 11.3 Å². The molecule has 2 aliphatic heterocycles. The highest BCUT2D eigenvalue weighted by Gasteiger charge is 2.19. The van der Waals surface area contributed by atoms with Crippen LogP contribution in [0.1, 0.15) is 5.69 Å². The largest absolute Gasteiger partial charge is 0.378 e. The summed E-state index contributed by atoms with van der Waals surface area (Å²) >= 11 is 7.91. The van der Waals surface area contributed by atoms with Crippen LogP contribution >= 0.6 is 22.9 Å². The van der Waals surface area contributed by atoms with Gasteiger partial charge in [0.25, 0.3) is 0 Å². The topological polar surface area (TPSA) is 40.6 Å². The minimum absolute atomic E-state index is 0.767. The fourth-order valence-electron chi connectivity index (χ4n) is 3.23. The van der Waals surface area contributed by atoms with Gasteiger partial charge in [0.05, 0.1) is 23.2 Å². The van der Waals surface area contributed by atoms with Crippen molar-refractivity contribution in [2.24, 2.45) is 0 Å². The van der Waals surface area contributed by atoms with Gasteiger partial charge in [-0.3, -0.25) is 4.90 Å². The summed E-state index contributed by atoms with van der Waals surface area (Å²) in [5, 5.41) is 4.57. The minimum Gasteiger partial charge on any atom is -0.378 e. The number of halogens is 1. The monoisotopic (exact) mass is 352 g/mol. The number of piperazine rings is 1. The van der Waals surface area contributed by atoms with Crippen LogP contribution in [0.25, 0.3) is 10.1 Å². The standard InChI is InChI=1S/C16H21ClN4OS/c17-15-10-13-14(23-15)9-12(11-20-3-1-18-2-4-20)19-16(13)21-5-7-22-8-6-21/h9-10,18H,1-8,11H2. The SMILES string of the molecule is Clc1cc2c(N3CCOCC3)nc(CN3CCNCC3)cc2s1. The molecule has 0 atom stereocenters. The third-order valence-corrected chi connectivity index (χ3v) is 5.64. The summed E-state index contributed by atoms with van der Waals surface area (Å²) in [6, 6.07) is 4.26. The molecule has 2 aromatic heterocycles. The molecule has 5 nitrogen and oxygen atoms in total. The first-order valence-corrected chi connectivity index (χ1v) is 9.34. The van der Waals surface area contributed by atoms with E-state index in [-0.39, 0.29) is 0 Å². The fraction of sp³-hybridized carbons (Fsp3) is 0.562. The Balaban J connectivity index is 1.67. The average molecular weight is 353 g/mol. The van der Waals surface area contributed by atoms with E-state index < -0.39 is 0 Å². The van der Waals surface area contributed by atoms with Gasteiger partial charge in [-0.15, -0.1) is 11.3 Å². The number of rotatable bonds is 3. The summed E-state index contributed by atoms with van der Waals surface area (Å²) < 4.78 is 7.54. The van der Waals surface area contributed by atoms with Crippen LogP contribution in [0.4, 0.5) is 5.82 Å². The van der Waals surface area contributed by atoms with Crippen molar-refractivity contribution in [3.05, 3.63) is 22.2 Å². The molecule has 1 N–H and O–H groups in total. The molecule has 2 saturated heterocycles. The lowest BCUT2D eigenvalue weighted by Gasteiger charge is -2.30. The van der Waals surface area contributed by atoms with Gasteiger partial charge in [-0.25, -0.2) is 4.98 Å². The van der Waals surface area contributed by atoms with Gasteiger partial charge in [-0.1, -0.05) is 11.6 Å². The Kier molecular flexibility index (Phi) is 4.68. The molecule has 0 spiro atoms. The van der Waals surface area contributed by atoms with Crippen molar-refractivity contribution in [3.63, 3.8) is 0 Å². The predicted octanol–water partition coefficient (Wildman–Crippen LogP) is 2.19. The summed E-state index contributed by atoms with van der Waals surface area (Å²) in [6.07, 6.45) is 0. The van der Waals surface area contributed by atoms with E-state index in [1.165, 1.54) is 10.1 Å². The number of aromatic nitrogens is 1. The Morgan fingerprint density at radius 2 is 1.96 bits per heavy atom. The number of hydrogen-bond acceptors (Lipinski definition) is 6. The first-order valence-electron chi connectivity index (χ1n) is 8.14. The Labute approximate surface area is 145 Å². The molecule has 124 valence electrons. The number of fused-ring (bicyclic) bond motifs is 1. The second kappa shape index (κ2) is 6.91. The number of pyridine rings is 1. The summed E-state index contributed by atoms with van der Waals surface area (Å²) in [7, 11) is 0. The average Bonchev–Trinajstić information content (AvgIpc) is 2.96. The van der Waals surface area contributed by atoms with Crippen molar-refractivity contribution in [3.8, 4) is 0 Å². The molecule has 0 aromatic carbocycles. The van der Waals surface area contributed by atoms with Gasteiger partial charge in [-0.05, 0) is 12.1 Å². The lowest BCUT2D eigenvalue weighted by Crippen LogP contribution is -2.43. The Bertz CT molecular complexity index is 680. The van der Waals surface area contributed by atoms with Crippen LogP contribution in [0.5, 0.6) is 0 Å². The molecule has 23 heavy (non-hydrogen) atoms. The maximum absolute atomic E-state index is 6.27. The first-order chi connectivity index (χ1) is 11.3. The fourth-order valence-corrected chi connectivity index (χ4v) is 4.43. The third kappa shape index (κ3) is 3.46. The summed E-state index contributed by atoms with van der Waals surface area (Å²) in [4.78, 5) is 9.78. The van der Waals surface area contributed by atoms with Crippen LogP contribution in [0.3, 0.4) is 0 Å². The second-order valence-corrected chi connectivity index (χ2v) is 7.74. The normalized spacial score (nSPS) is 20.3. The zero-order chi connectivity index (χ0) is 15.6. The van der Waals surface area contributed by atoms with Gasteiger partial charge in [0, 0.05) is 55.9 Å². The van der Waals surface area contributed by atoms with E-state index in [2.05, 4.69) is 21.2 Å². The molecule has 7 heteroatoms. The zero-order valence-electron chi connectivity index (χ0n) is 13.1. The maximum atomic E-state index is 6.27. The van der Waals surface area contributed by atoms with Crippen LogP contribution in [0, 0.1) is 0 Å².